The Balaban J connectivity index is 2.35. The summed E-state index contributed by atoms with van der Waals surface area (Å²) in [7, 11) is 0. The largest absolute Gasteiger partial charge is 0.389 e. The Labute approximate surface area is 194 Å². The van der Waals surface area contributed by atoms with Crippen LogP contribution in [-0.2, 0) is 4.74 Å². The Kier molecular flexibility index (Phi) is 14.4. The van der Waals surface area contributed by atoms with Crippen LogP contribution < -0.4 is 0 Å². The van der Waals surface area contributed by atoms with Crippen molar-refractivity contribution < 1.29 is 9.84 Å². The van der Waals surface area contributed by atoms with E-state index in [0.29, 0.717) is 11.8 Å². The number of hydrogen-bond donors (Lipinski definition) is 1. The predicted octanol–water partition coefficient (Wildman–Crippen LogP) is 8.41. The van der Waals surface area contributed by atoms with Crippen LogP contribution in [0.4, 0.5) is 0 Å². The van der Waals surface area contributed by atoms with Gasteiger partial charge in [0.05, 0.1) is 12.2 Å². The van der Waals surface area contributed by atoms with Crippen LogP contribution in [0.2, 0.25) is 0 Å². The summed E-state index contributed by atoms with van der Waals surface area (Å²) in [5, 5.41) is 10.4. The van der Waals surface area contributed by atoms with Crippen molar-refractivity contribution >= 4 is 0 Å². The number of rotatable bonds is 15. The zero-order valence-corrected chi connectivity index (χ0v) is 21.8. The fourth-order valence-corrected chi connectivity index (χ4v) is 4.63. The van der Waals surface area contributed by atoms with Crippen LogP contribution in [0.5, 0.6) is 0 Å². The molecule has 5 unspecified atom stereocenters. The molecule has 0 amide bonds. The van der Waals surface area contributed by atoms with Crippen LogP contribution in [0.15, 0.2) is 34.9 Å². The van der Waals surface area contributed by atoms with Gasteiger partial charge in [-0.15, -0.1) is 0 Å². The zero-order valence-electron chi connectivity index (χ0n) is 21.8. The Morgan fingerprint density at radius 3 is 2.26 bits per heavy atom. The molecule has 0 heterocycles. The van der Waals surface area contributed by atoms with E-state index in [2.05, 4.69) is 66.7 Å². The van der Waals surface area contributed by atoms with Crippen molar-refractivity contribution in [3.05, 3.63) is 34.9 Å². The number of aliphatic hydroxyl groups is 1. The summed E-state index contributed by atoms with van der Waals surface area (Å²) in [4.78, 5) is 0. The van der Waals surface area contributed by atoms with Crippen molar-refractivity contribution in [1.29, 1.82) is 0 Å². The van der Waals surface area contributed by atoms with E-state index in [1.165, 1.54) is 63.4 Å². The highest BCUT2D eigenvalue weighted by Crippen LogP contribution is 2.35. The van der Waals surface area contributed by atoms with Gasteiger partial charge in [-0.3, -0.25) is 0 Å². The minimum absolute atomic E-state index is 0.178. The quantitative estimate of drug-likeness (QED) is 0.208. The van der Waals surface area contributed by atoms with Crippen molar-refractivity contribution in [3.63, 3.8) is 0 Å². The van der Waals surface area contributed by atoms with Crippen molar-refractivity contribution in [2.45, 2.75) is 125 Å². The summed E-state index contributed by atoms with van der Waals surface area (Å²) in [5.41, 5.74) is 4.43. The highest BCUT2D eigenvalue weighted by molar-refractivity contribution is 5.18. The Bertz CT molecular complexity index is 571. The molecule has 1 aliphatic carbocycles. The van der Waals surface area contributed by atoms with Crippen LogP contribution >= 0.6 is 0 Å². The average molecular weight is 433 g/mol. The lowest BCUT2D eigenvalue weighted by Crippen LogP contribution is -2.39. The monoisotopic (exact) mass is 432 g/mol. The molecule has 2 heteroatoms. The van der Waals surface area contributed by atoms with E-state index < -0.39 is 0 Å². The summed E-state index contributed by atoms with van der Waals surface area (Å²) >= 11 is 0. The van der Waals surface area contributed by atoms with Gasteiger partial charge in [0, 0.05) is 6.61 Å². The van der Waals surface area contributed by atoms with E-state index in [1.807, 2.05) is 0 Å². The molecule has 180 valence electrons. The first-order chi connectivity index (χ1) is 14.8. The topological polar surface area (TPSA) is 29.5 Å². The third-order valence-electron chi connectivity index (χ3n) is 7.21. The third-order valence-corrected chi connectivity index (χ3v) is 7.21. The Morgan fingerprint density at radius 2 is 1.65 bits per heavy atom. The minimum atomic E-state index is -0.326. The van der Waals surface area contributed by atoms with Crippen LogP contribution in [0.1, 0.15) is 113 Å². The van der Waals surface area contributed by atoms with Crippen molar-refractivity contribution in [1.82, 2.24) is 0 Å². The van der Waals surface area contributed by atoms with E-state index in [4.69, 9.17) is 4.74 Å². The van der Waals surface area contributed by atoms with Crippen molar-refractivity contribution in [3.8, 4) is 0 Å². The number of allylic oxidation sites excluding steroid dienone is 4. The molecule has 0 saturated heterocycles. The molecule has 0 aromatic rings. The lowest BCUT2D eigenvalue weighted by molar-refractivity contribution is -0.00630. The number of ether oxygens (including phenoxy) is 1. The Hall–Kier alpha value is -0.860. The van der Waals surface area contributed by atoms with Crippen LogP contribution in [0.25, 0.3) is 0 Å². The van der Waals surface area contributed by atoms with Gasteiger partial charge in [0.25, 0.3) is 0 Å². The summed E-state index contributed by atoms with van der Waals surface area (Å²) in [5.74, 6) is 1.34. The first kappa shape index (κ1) is 28.2. The molecule has 1 N–H and O–H groups in total. The molecule has 1 rings (SSSR count). The average Bonchev–Trinajstić information content (AvgIpc) is 2.73. The van der Waals surface area contributed by atoms with Crippen molar-refractivity contribution in [2.24, 2.45) is 17.8 Å². The van der Waals surface area contributed by atoms with Gasteiger partial charge >= 0.3 is 0 Å². The van der Waals surface area contributed by atoms with E-state index in [0.717, 1.165) is 13.0 Å². The highest BCUT2D eigenvalue weighted by Gasteiger charge is 2.34. The fourth-order valence-electron chi connectivity index (χ4n) is 4.63. The van der Waals surface area contributed by atoms with Crippen molar-refractivity contribution in [2.75, 3.05) is 6.61 Å². The van der Waals surface area contributed by atoms with Crippen LogP contribution in [0.3, 0.4) is 0 Å². The summed E-state index contributed by atoms with van der Waals surface area (Å²) < 4.78 is 6.06. The van der Waals surface area contributed by atoms with Crippen LogP contribution in [0, 0.1) is 17.8 Å². The smallest absolute Gasteiger partial charge is 0.0814 e. The van der Waals surface area contributed by atoms with Gasteiger partial charge in [-0.1, -0.05) is 69.9 Å². The molecule has 0 bridgehead atoms. The Morgan fingerprint density at radius 1 is 1.00 bits per heavy atom. The standard InChI is InChI=1S/C29H52O2/c1-8-10-11-14-22(3)15-12-16-23(4)17-13-18-24(5)19-20-27-21-28(30)25(6)26(7)29(27)31-9-2/h14,17,21,24-26,28-30H,8-13,15-16,18-20H2,1-7H3. The maximum absolute atomic E-state index is 10.4. The lowest BCUT2D eigenvalue weighted by atomic mass is 9.76. The van der Waals surface area contributed by atoms with Crippen LogP contribution in [-0.4, -0.2) is 23.9 Å². The molecular weight excluding hydrogens is 380 g/mol. The third kappa shape index (κ3) is 11.0. The SMILES string of the molecule is CCCCC=C(C)CCCC(C)=CCCC(C)CCC1=CC(O)C(C)C(C)C1OCC. The highest BCUT2D eigenvalue weighted by atomic mass is 16.5. The summed E-state index contributed by atoms with van der Waals surface area (Å²) in [6.45, 7) is 16.4. The van der Waals surface area contributed by atoms with E-state index in [1.54, 1.807) is 11.1 Å². The molecule has 0 aromatic heterocycles. The van der Waals surface area contributed by atoms with Gasteiger partial charge in [-0.2, -0.15) is 0 Å². The minimum Gasteiger partial charge on any atom is -0.389 e. The van der Waals surface area contributed by atoms with Gasteiger partial charge in [0.15, 0.2) is 0 Å². The maximum atomic E-state index is 10.4. The summed E-state index contributed by atoms with van der Waals surface area (Å²) in [6.07, 6.45) is 19.1. The first-order valence-electron chi connectivity index (χ1n) is 13.1. The number of aliphatic hydroxyl groups excluding tert-OH is 1. The van der Waals surface area contributed by atoms with Gasteiger partial charge in [0.2, 0.25) is 0 Å². The van der Waals surface area contributed by atoms with Gasteiger partial charge in [0.1, 0.15) is 0 Å². The molecule has 1 aliphatic rings. The van der Waals surface area contributed by atoms with E-state index in [-0.39, 0.29) is 18.1 Å². The van der Waals surface area contributed by atoms with Gasteiger partial charge in [-0.25, -0.2) is 0 Å². The molecule has 0 radical (unpaired) electrons. The van der Waals surface area contributed by atoms with E-state index >= 15 is 0 Å². The zero-order chi connectivity index (χ0) is 23.2. The fraction of sp³-hybridized carbons (Fsp3) is 0.793. The van der Waals surface area contributed by atoms with Gasteiger partial charge < -0.3 is 9.84 Å². The second-order valence-electron chi connectivity index (χ2n) is 10.1. The molecule has 0 spiro atoms. The van der Waals surface area contributed by atoms with E-state index in [9.17, 15) is 5.11 Å². The number of hydrogen-bond acceptors (Lipinski definition) is 2. The maximum Gasteiger partial charge on any atom is 0.0814 e. The molecule has 31 heavy (non-hydrogen) atoms. The molecule has 0 aromatic carbocycles. The normalized spacial score (nSPS) is 26.1. The molecule has 0 aliphatic heterocycles. The molecule has 0 saturated carbocycles. The number of unbranched alkanes of at least 4 members (excludes halogenated alkanes) is 2. The molecule has 5 atom stereocenters. The van der Waals surface area contributed by atoms with Gasteiger partial charge in [-0.05, 0) is 95.5 Å². The second-order valence-corrected chi connectivity index (χ2v) is 10.1. The molecule has 2 nitrogen and oxygen atoms in total. The predicted molar refractivity (Wildman–Crippen MR) is 136 cm³/mol. The molecular formula is C29H52O2. The second kappa shape index (κ2) is 15.9. The summed E-state index contributed by atoms with van der Waals surface area (Å²) in [6, 6.07) is 0. The first-order valence-corrected chi connectivity index (χ1v) is 13.1. The lowest BCUT2D eigenvalue weighted by Gasteiger charge is -2.37. The molecule has 0 fully saturated rings.